The first kappa shape index (κ1) is 16.0. The van der Waals surface area contributed by atoms with Gasteiger partial charge in [-0.2, -0.15) is 0 Å². The summed E-state index contributed by atoms with van der Waals surface area (Å²) in [6.45, 7) is 3.95. The van der Waals surface area contributed by atoms with Gasteiger partial charge in [0.1, 0.15) is 23.6 Å². The average Bonchev–Trinajstić information content (AvgIpc) is 2.66. The van der Waals surface area contributed by atoms with Crippen LogP contribution in [0.15, 0.2) is 61.1 Å². The highest BCUT2D eigenvalue weighted by Gasteiger charge is 2.07. The molecule has 0 bridgehead atoms. The molecular weight excluding hydrogens is 324 g/mol. The molecule has 0 amide bonds. The van der Waals surface area contributed by atoms with E-state index in [1.54, 1.807) is 12.5 Å². The second kappa shape index (κ2) is 6.80. The normalized spacial score (nSPS) is 10.7. The number of nitrogens with zero attached hydrogens (tertiary/aromatic N) is 3. The minimum absolute atomic E-state index is 0.718. The maximum absolute atomic E-state index is 5.92. The zero-order chi connectivity index (χ0) is 17.9. The van der Waals surface area contributed by atoms with Crippen molar-refractivity contribution in [3.8, 4) is 11.5 Å². The van der Waals surface area contributed by atoms with Gasteiger partial charge in [0.25, 0.3) is 0 Å². The van der Waals surface area contributed by atoms with Crippen molar-refractivity contribution in [2.45, 2.75) is 13.8 Å². The number of nitrogens with one attached hydrogen (secondary N) is 1. The molecule has 0 saturated carbocycles. The molecule has 0 aliphatic rings. The summed E-state index contributed by atoms with van der Waals surface area (Å²) in [6.07, 6.45) is 3.27. The van der Waals surface area contributed by atoms with Gasteiger partial charge in [-0.3, -0.25) is 4.98 Å². The summed E-state index contributed by atoms with van der Waals surface area (Å²) in [4.78, 5) is 12.8. The number of anilines is 2. The van der Waals surface area contributed by atoms with Crippen LogP contribution in [0.3, 0.4) is 0 Å². The van der Waals surface area contributed by atoms with Gasteiger partial charge in [0, 0.05) is 11.4 Å². The van der Waals surface area contributed by atoms with E-state index < -0.39 is 0 Å². The SMILES string of the molecule is Cc1ccc(Oc2ccc(Nc3ncnc4ccc[c]c34)cc2C)cn1. The fourth-order valence-corrected chi connectivity index (χ4v) is 2.65. The molecule has 4 aromatic rings. The van der Waals surface area contributed by atoms with Crippen LogP contribution >= 0.6 is 0 Å². The standard InChI is InChI=1S/C21H17N4O/c1-14-11-16(8-10-20(14)26-17-9-7-15(2)22-12-17)25-21-18-5-3-4-6-19(18)23-13-24-21/h3-4,6-13H,1-2H3,(H,23,24,25). The maximum Gasteiger partial charge on any atom is 0.145 e. The summed E-state index contributed by atoms with van der Waals surface area (Å²) in [6, 6.07) is 18.6. The molecule has 0 saturated heterocycles. The van der Waals surface area contributed by atoms with Crippen molar-refractivity contribution in [2.24, 2.45) is 0 Å². The molecule has 0 atom stereocenters. The number of rotatable bonds is 4. The van der Waals surface area contributed by atoms with E-state index in [2.05, 4.69) is 26.3 Å². The fraction of sp³-hybridized carbons (Fsp3) is 0.0952. The van der Waals surface area contributed by atoms with Crippen molar-refractivity contribution in [1.29, 1.82) is 0 Å². The lowest BCUT2D eigenvalue weighted by atomic mass is 10.2. The van der Waals surface area contributed by atoms with E-state index in [-0.39, 0.29) is 0 Å². The summed E-state index contributed by atoms with van der Waals surface area (Å²) in [5, 5.41) is 4.20. The van der Waals surface area contributed by atoms with Crippen LogP contribution < -0.4 is 10.1 Å². The number of aromatic nitrogens is 3. The van der Waals surface area contributed by atoms with Gasteiger partial charge in [-0.05, 0) is 61.9 Å². The quantitative estimate of drug-likeness (QED) is 0.567. The first-order valence-electron chi connectivity index (χ1n) is 8.29. The van der Waals surface area contributed by atoms with Crippen LogP contribution in [0.25, 0.3) is 10.9 Å². The highest BCUT2D eigenvalue weighted by molar-refractivity contribution is 5.89. The number of fused-ring (bicyclic) bond motifs is 1. The first-order valence-corrected chi connectivity index (χ1v) is 8.29. The topological polar surface area (TPSA) is 59.9 Å². The molecule has 1 radical (unpaired) electrons. The van der Waals surface area contributed by atoms with Gasteiger partial charge in [0.15, 0.2) is 0 Å². The molecule has 0 unspecified atom stereocenters. The second-order valence-electron chi connectivity index (χ2n) is 6.00. The van der Waals surface area contributed by atoms with E-state index in [1.807, 2.05) is 62.4 Å². The Morgan fingerprint density at radius 1 is 1.00 bits per heavy atom. The van der Waals surface area contributed by atoms with Crippen LogP contribution in [0.1, 0.15) is 11.3 Å². The minimum Gasteiger partial charge on any atom is -0.455 e. The van der Waals surface area contributed by atoms with Crippen molar-refractivity contribution >= 4 is 22.4 Å². The Hall–Kier alpha value is -3.47. The zero-order valence-corrected chi connectivity index (χ0v) is 14.5. The lowest BCUT2D eigenvalue weighted by Gasteiger charge is -2.12. The Kier molecular flexibility index (Phi) is 4.19. The molecule has 5 nitrogen and oxygen atoms in total. The van der Waals surface area contributed by atoms with E-state index in [4.69, 9.17) is 4.74 Å². The van der Waals surface area contributed by atoms with Crippen LogP contribution in [0.5, 0.6) is 11.5 Å². The summed E-state index contributed by atoms with van der Waals surface area (Å²) in [5.74, 6) is 2.24. The Morgan fingerprint density at radius 3 is 2.73 bits per heavy atom. The van der Waals surface area contributed by atoms with Crippen molar-refractivity contribution in [2.75, 3.05) is 5.32 Å². The van der Waals surface area contributed by atoms with Crippen LogP contribution in [-0.2, 0) is 0 Å². The molecule has 2 heterocycles. The number of pyridine rings is 1. The van der Waals surface area contributed by atoms with E-state index in [1.165, 1.54) is 0 Å². The van der Waals surface area contributed by atoms with Crippen LogP contribution in [0.2, 0.25) is 0 Å². The number of hydrogen-bond acceptors (Lipinski definition) is 5. The third kappa shape index (κ3) is 3.32. The second-order valence-corrected chi connectivity index (χ2v) is 6.00. The largest absolute Gasteiger partial charge is 0.455 e. The first-order chi connectivity index (χ1) is 12.7. The van der Waals surface area contributed by atoms with Gasteiger partial charge in [-0.25, -0.2) is 9.97 Å². The predicted octanol–water partition coefficient (Wildman–Crippen LogP) is 4.98. The van der Waals surface area contributed by atoms with Crippen LogP contribution in [0.4, 0.5) is 11.5 Å². The molecule has 1 N–H and O–H groups in total. The lowest BCUT2D eigenvalue weighted by Crippen LogP contribution is -1.97. The van der Waals surface area contributed by atoms with Crippen LogP contribution in [-0.4, -0.2) is 15.0 Å². The smallest absolute Gasteiger partial charge is 0.145 e. The highest BCUT2D eigenvalue weighted by Crippen LogP contribution is 2.29. The molecule has 127 valence electrons. The van der Waals surface area contributed by atoms with E-state index in [0.29, 0.717) is 0 Å². The summed E-state index contributed by atoms with van der Waals surface area (Å²) >= 11 is 0. The summed E-state index contributed by atoms with van der Waals surface area (Å²) < 4.78 is 5.92. The Bertz CT molecular complexity index is 1060. The third-order valence-electron chi connectivity index (χ3n) is 4.00. The minimum atomic E-state index is 0.718. The van der Waals surface area contributed by atoms with Crippen LogP contribution in [0, 0.1) is 19.9 Å². The molecule has 5 heteroatoms. The van der Waals surface area contributed by atoms with Gasteiger partial charge in [-0.15, -0.1) is 0 Å². The Balaban J connectivity index is 1.58. The number of ether oxygens (including phenoxy) is 1. The molecular formula is C21H17N4O. The predicted molar refractivity (Wildman–Crippen MR) is 102 cm³/mol. The lowest BCUT2D eigenvalue weighted by molar-refractivity contribution is 0.476. The van der Waals surface area contributed by atoms with Crippen molar-refractivity contribution in [3.63, 3.8) is 0 Å². The third-order valence-corrected chi connectivity index (χ3v) is 4.00. The van der Waals surface area contributed by atoms with Gasteiger partial charge in [0.05, 0.1) is 17.1 Å². The molecule has 0 fully saturated rings. The van der Waals surface area contributed by atoms with E-state index >= 15 is 0 Å². The van der Waals surface area contributed by atoms with Crippen molar-refractivity contribution < 1.29 is 4.74 Å². The molecule has 0 spiro atoms. The summed E-state index contributed by atoms with van der Waals surface area (Å²) in [5.41, 5.74) is 3.75. The van der Waals surface area contributed by atoms with Gasteiger partial charge < -0.3 is 10.1 Å². The van der Waals surface area contributed by atoms with E-state index in [9.17, 15) is 0 Å². The van der Waals surface area contributed by atoms with Gasteiger partial charge in [-0.1, -0.05) is 12.1 Å². The number of hydrogen-bond donors (Lipinski definition) is 1. The van der Waals surface area contributed by atoms with Gasteiger partial charge in [0.2, 0.25) is 0 Å². The van der Waals surface area contributed by atoms with E-state index in [0.717, 1.165) is 45.2 Å². The van der Waals surface area contributed by atoms with Crippen molar-refractivity contribution in [3.05, 3.63) is 78.4 Å². The number of aryl methyl sites for hydroxylation is 2. The maximum atomic E-state index is 5.92. The Morgan fingerprint density at radius 2 is 1.92 bits per heavy atom. The average molecular weight is 341 g/mol. The highest BCUT2D eigenvalue weighted by atomic mass is 16.5. The van der Waals surface area contributed by atoms with Gasteiger partial charge >= 0.3 is 0 Å². The Labute approximate surface area is 151 Å². The zero-order valence-electron chi connectivity index (χ0n) is 14.5. The molecule has 2 aromatic heterocycles. The molecule has 0 aliphatic heterocycles. The van der Waals surface area contributed by atoms with Crippen molar-refractivity contribution in [1.82, 2.24) is 15.0 Å². The number of benzene rings is 2. The molecule has 4 rings (SSSR count). The summed E-state index contributed by atoms with van der Waals surface area (Å²) in [7, 11) is 0. The monoisotopic (exact) mass is 341 g/mol. The molecule has 26 heavy (non-hydrogen) atoms. The fourth-order valence-electron chi connectivity index (χ4n) is 2.65. The molecule has 0 aliphatic carbocycles. The molecule has 2 aromatic carbocycles.